The maximum absolute atomic E-state index is 13.1. The smallest absolute Gasteiger partial charge is 0.462 e. The van der Waals surface area contributed by atoms with E-state index < -0.39 is 97.5 Å². The number of allylic oxidation sites excluding steroid dienone is 8. The number of unbranched alkanes of at least 4 members (excludes halogenated alkanes) is 41. The highest BCUT2D eigenvalue weighted by atomic mass is 31.2. The molecule has 0 rings (SSSR count). The molecule has 0 saturated carbocycles. The van der Waals surface area contributed by atoms with E-state index in [1.54, 1.807) is 0 Å². The zero-order chi connectivity index (χ0) is 74.9. The Kier molecular flexibility index (Phi) is 71.4. The molecule has 0 aromatic heterocycles. The van der Waals surface area contributed by atoms with Crippen LogP contribution in [0.5, 0.6) is 0 Å². The molecule has 102 heavy (non-hydrogen) atoms. The first kappa shape index (κ1) is 99.0. The molecule has 0 amide bonds. The molecule has 0 aromatic carbocycles. The van der Waals surface area contributed by atoms with Crippen LogP contribution in [0.2, 0.25) is 0 Å². The molecular weight excluding hydrogens is 1330 g/mol. The van der Waals surface area contributed by atoms with Gasteiger partial charge in [0, 0.05) is 25.7 Å². The number of esters is 4. The minimum Gasteiger partial charge on any atom is -0.462 e. The lowest BCUT2D eigenvalue weighted by Gasteiger charge is -2.21. The molecule has 0 heterocycles. The van der Waals surface area contributed by atoms with E-state index >= 15 is 0 Å². The van der Waals surface area contributed by atoms with E-state index in [1.165, 1.54) is 167 Å². The largest absolute Gasteiger partial charge is 0.472 e. The van der Waals surface area contributed by atoms with Crippen LogP contribution >= 0.6 is 15.6 Å². The van der Waals surface area contributed by atoms with Gasteiger partial charge in [-0.1, -0.05) is 334 Å². The SMILES string of the molecule is CCCCCC/C=C\C=C/CCCCCCCC(=O)OC[C@H](COP(=O)(O)OCC(O)COP(=O)(O)OC[C@@H](COC(=O)CCCCCCCCCC(C)C)OC(=O)CCCCCCCCCCCCCCCCCCCCC(C)CC)OC(=O)CCCCCCC/C=C\C=C/CCCCCC. The molecular formula is C83H154O17P2. The predicted molar refractivity (Wildman–Crippen MR) is 418 cm³/mol. The average molecular weight is 1490 g/mol. The van der Waals surface area contributed by atoms with Crippen LogP contribution in [0.1, 0.15) is 388 Å². The van der Waals surface area contributed by atoms with Gasteiger partial charge >= 0.3 is 39.5 Å². The van der Waals surface area contributed by atoms with Crippen molar-refractivity contribution in [3.05, 3.63) is 48.6 Å². The van der Waals surface area contributed by atoms with Crippen molar-refractivity contribution in [1.29, 1.82) is 0 Å². The number of ether oxygens (including phenoxy) is 4. The second kappa shape index (κ2) is 73.5. The van der Waals surface area contributed by atoms with Crippen LogP contribution in [0.25, 0.3) is 0 Å². The van der Waals surface area contributed by atoms with Crippen molar-refractivity contribution in [2.45, 2.75) is 407 Å². The standard InChI is InChI=1S/C83H154O17P2/c1-7-10-12-14-16-18-20-22-28-33-37-41-47-53-59-65-80(85)93-71-78(99-82(87)67-61-55-48-42-38-34-29-23-21-19-17-15-13-11-8-2)73-97-101(89,90)95-69-77(84)70-96-102(91,92)98-74-79(72-94-81(86)66-60-54-50-44-45-51-57-63-75(4)5)100-83(88)68-62-56-49-43-39-35-31-27-25-24-26-30-32-36-40-46-52-58-64-76(6)9-3/h18-23,28-29,75-79,84H,7-17,24-27,30-74H2,1-6H3,(H,89,90)(H,91,92)/b20-18-,21-19-,28-22-,29-23-/t76?,77?,78-,79-/m1/s1. The minimum absolute atomic E-state index is 0.0781. The van der Waals surface area contributed by atoms with Gasteiger partial charge in [0.25, 0.3) is 0 Å². The summed E-state index contributed by atoms with van der Waals surface area (Å²) in [6, 6.07) is 0. The van der Waals surface area contributed by atoms with Crippen molar-refractivity contribution in [1.82, 2.24) is 0 Å². The van der Waals surface area contributed by atoms with Crippen molar-refractivity contribution < 1.29 is 80.2 Å². The molecule has 0 aromatic rings. The number of hydrogen-bond acceptors (Lipinski definition) is 15. The number of aliphatic hydroxyl groups is 1. The van der Waals surface area contributed by atoms with E-state index in [4.69, 9.17) is 37.0 Å². The third-order valence-corrected chi connectivity index (χ3v) is 20.5. The van der Waals surface area contributed by atoms with Gasteiger partial charge in [0.1, 0.15) is 19.3 Å². The maximum Gasteiger partial charge on any atom is 0.472 e. The Hall–Kier alpha value is -2.98. The molecule has 0 saturated heterocycles. The Balaban J connectivity index is 5.26. The highest BCUT2D eigenvalue weighted by Gasteiger charge is 2.30. The zero-order valence-corrected chi connectivity index (χ0v) is 67.7. The Morgan fingerprint density at radius 3 is 0.873 bits per heavy atom. The Morgan fingerprint density at radius 2 is 0.578 bits per heavy atom. The molecule has 4 unspecified atom stereocenters. The van der Waals surface area contributed by atoms with Gasteiger partial charge in [0.15, 0.2) is 12.2 Å². The van der Waals surface area contributed by atoms with Gasteiger partial charge < -0.3 is 33.8 Å². The van der Waals surface area contributed by atoms with E-state index in [-0.39, 0.29) is 25.7 Å². The van der Waals surface area contributed by atoms with Gasteiger partial charge in [-0.15, -0.1) is 0 Å². The molecule has 0 aliphatic carbocycles. The quantitative estimate of drug-likeness (QED) is 0.0169. The number of carbonyl (C=O) groups excluding carboxylic acids is 4. The van der Waals surface area contributed by atoms with E-state index in [1.807, 2.05) is 0 Å². The molecule has 0 bridgehead atoms. The van der Waals surface area contributed by atoms with E-state index in [0.717, 1.165) is 134 Å². The topological polar surface area (TPSA) is 237 Å². The lowest BCUT2D eigenvalue weighted by atomic mass is 9.99. The summed E-state index contributed by atoms with van der Waals surface area (Å²) in [5, 5.41) is 10.6. The summed E-state index contributed by atoms with van der Waals surface area (Å²) in [6.07, 6.45) is 69.7. The first-order valence-corrected chi connectivity index (χ1v) is 44.7. The number of hydrogen-bond donors (Lipinski definition) is 3. The summed E-state index contributed by atoms with van der Waals surface area (Å²) in [5.41, 5.74) is 0. The zero-order valence-electron chi connectivity index (χ0n) is 65.9. The molecule has 0 spiro atoms. The van der Waals surface area contributed by atoms with Crippen LogP contribution in [-0.4, -0.2) is 96.7 Å². The number of aliphatic hydroxyl groups excluding tert-OH is 1. The summed E-state index contributed by atoms with van der Waals surface area (Å²) in [7, 11) is -9.95. The van der Waals surface area contributed by atoms with Crippen LogP contribution in [-0.2, 0) is 65.4 Å². The van der Waals surface area contributed by atoms with Crippen molar-refractivity contribution in [2.24, 2.45) is 11.8 Å². The molecule has 0 fully saturated rings. The van der Waals surface area contributed by atoms with Crippen molar-refractivity contribution >= 4 is 39.5 Å². The molecule has 0 aliphatic heterocycles. The van der Waals surface area contributed by atoms with E-state index in [2.05, 4.69) is 90.2 Å². The normalized spacial score (nSPS) is 14.5. The van der Waals surface area contributed by atoms with Gasteiger partial charge in [-0.3, -0.25) is 37.3 Å². The highest BCUT2D eigenvalue weighted by Crippen LogP contribution is 2.45. The lowest BCUT2D eigenvalue weighted by molar-refractivity contribution is -0.161. The Bertz CT molecular complexity index is 2150. The highest BCUT2D eigenvalue weighted by molar-refractivity contribution is 7.47. The first-order valence-electron chi connectivity index (χ1n) is 41.7. The van der Waals surface area contributed by atoms with Gasteiger partial charge in [-0.2, -0.15) is 0 Å². The van der Waals surface area contributed by atoms with Gasteiger partial charge in [0.05, 0.1) is 26.4 Å². The van der Waals surface area contributed by atoms with E-state index in [9.17, 15) is 43.2 Å². The van der Waals surface area contributed by atoms with Gasteiger partial charge in [-0.05, 0) is 88.9 Å². The first-order chi connectivity index (χ1) is 49.4. The van der Waals surface area contributed by atoms with E-state index in [0.29, 0.717) is 31.6 Å². The molecule has 6 atom stereocenters. The summed E-state index contributed by atoms with van der Waals surface area (Å²) >= 11 is 0. The number of phosphoric ester groups is 2. The predicted octanol–water partition coefficient (Wildman–Crippen LogP) is 24.2. The summed E-state index contributed by atoms with van der Waals surface area (Å²) in [4.78, 5) is 73.0. The molecule has 17 nitrogen and oxygen atoms in total. The van der Waals surface area contributed by atoms with Crippen molar-refractivity contribution in [3.8, 4) is 0 Å². The fourth-order valence-corrected chi connectivity index (χ4v) is 13.4. The van der Waals surface area contributed by atoms with Crippen LogP contribution in [0.4, 0.5) is 0 Å². The Labute approximate surface area is 623 Å². The number of carbonyl (C=O) groups is 4. The van der Waals surface area contributed by atoms with Crippen molar-refractivity contribution in [3.63, 3.8) is 0 Å². The molecule has 0 radical (unpaired) electrons. The third kappa shape index (κ3) is 73.9. The number of phosphoric acid groups is 2. The molecule has 598 valence electrons. The minimum atomic E-state index is -4.98. The average Bonchev–Trinajstić information content (AvgIpc) is 0.919. The van der Waals surface area contributed by atoms with Crippen LogP contribution < -0.4 is 0 Å². The fraction of sp³-hybridized carbons (Fsp3) is 0.855. The molecule has 0 aliphatic rings. The van der Waals surface area contributed by atoms with Gasteiger partial charge in [-0.25, -0.2) is 9.13 Å². The van der Waals surface area contributed by atoms with Crippen LogP contribution in [0, 0.1) is 11.8 Å². The lowest BCUT2D eigenvalue weighted by Crippen LogP contribution is -2.30. The maximum atomic E-state index is 13.1. The summed E-state index contributed by atoms with van der Waals surface area (Å²) in [6.45, 7) is 9.51. The summed E-state index contributed by atoms with van der Waals surface area (Å²) in [5.74, 6) is -0.599. The fourth-order valence-electron chi connectivity index (χ4n) is 11.8. The molecule has 19 heteroatoms. The summed E-state index contributed by atoms with van der Waals surface area (Å²) < 4.78 is 68.6. The second-order valence-corrected chi connectivity index (χ2v) is 32.1. The van der Waals surface area contributed by atoms with Crippen molar-refractivity contribution in [2.75, 3.05) is 39.6 Å². The third-order valence-electron chi connectivity index (χ3n) is 18.6. The number of rotatable bonds is 78. The Morgan fingerprint density at radius 1 is 0.324 bits per heavy atom. The van der Waals surface area contributed by atoms with Crippen LogP contribution in [0.3, 0.4) is 0 Å². The monoisotopic (exact) mass is 1490 g/mol. The van der Waals surface area contributed by atoms with Crippen LogP contribution in [0.15, 0.2) is 48.6 Å². The second-order valence-electron chi connectivity index (χ2n) is 29.2. The molecule has 3 N–H and O–H groups in total. The van der Waals surface area contributed by atoms with Gasteiger partial charge in [0.2, 0.25) is 0 Å².